The summed E-state index contributed by atoms with van der Waals surface area (Å²) in [5.41, 5.74) is 2.68. The summed E-state index contributed by atoms with van der Waals surface area (Å²) in [7, 11) is 0. The molecule has 0 amide bonds. The molecule has 2 aromatic rings. The van der Waals surface area contributed by atoms with Crippen LogP contribution >= 0.6 is 27.5 Å². The van der Waals surface area contributed by atoms with Gasteiger partial charge in [-0.15, -0.1) is 0 Å². The lowest BCUT2D eigenvalue weighted by Crippen LogP contribution is -2.22. The molecule has 0 spiro atoms. The lowest BCUT2D eigenvalue weighted by atomic mass is 9.92. The van der Waals surface area contributed by atoms with E-state index < -0.39 is 0 Å². The van der Waals surface area contributed by atoms with E-state index in [2.05, 4.69) is 64.6 Å². The minimum absolute atomic E-state index is 0.466. The second-order valence-corrected chi connectivity index (χ2v) is 6.24. The number of hydrogen-bond acceptors (Lipinski definition) is 1. The molecule has 0 aliphatic rings. The first-order chi connectivity index (χ1) is 9.69. The zero-order chi connectivity index (χ0) is 14.4. The fraction of sp³-hybridized carbons (Fsp3) is 0.294. The lowest BCUT2D eigenvalue weighted by Gasteiger charge is -2.18. The smallest absolute Gasteiger partial charge is 0.0406 e. The quantitative estimate of drug-likeness (QED) is 0.768. The topological polar surface area (TPSA) is 12.0 Å². The molecule has 106 valence electrons. The van der Waals surface area contributed by atoms with Gasteiger partial charge in [-0.25, -0.2) is 0 Å². The Bertz CT molecular complexity index is 522. The third-order valence-electron chi connectivity index (χ3n) is 3.38. The zero-order valence-corrected chi connectivity index (χ0v) is 13.9. The number of likely N-dealkylation sites (N-methyl/N-ethyl adjacent to an activating group) is 1. The van der Waals surface area contributed by atoms with Gasteiger partial charge in [-0.1, -0.05) is 58.7 Å². The van der Waals surface area contributed by atoms with E-state index in [1.165, 1.54) is 11.1 Å². The Kier molecular flexibility index (Phi) is 6.08. The van der Waals surface area contributed by atoms with Gasteiger partial charge in [-0.2, -0.15) is 0 Å². The fourth-order valence-corrected chi connectivity index (χ4v) is 2.66. The van der Waals surface area contributed by atoms with E-state index in [-0.39, 0.29) is 0 Å². The SMILES string of the molecule is CCNCC(Cc1ccc(Br)cc1)c1ccc(Cl)cc1. The van der Waals surface area contributed by atoms with Crippen LogP contribution in [0.1, 0.15) is 24.0 Å². The van der Waals surface area contributed by atoms with Gasteiger partial charge in [0.2, 0.25) is 0 Å². The minimum atomic E-state index is 0.466. The maximum atomic E-state index is 5.98. The number of nitrogens with one attached hydrogen (secondary N) is 1. The Morgan fingerprint density at radius 1 is 1.05 bits per heavy atom. The molecule has 0 radical (unpaired) electrons. The average Bonchev–Trinajstić information content (AvgIpc) is 2.46. The van der Waals surface area contributed by atoms with Crippen molar-refractivity contribution >= 4 is 27.5 Å². The maximum absolute atomic E-state index is 5.98. The van der Waals surface area contributed by atoms with E-state index in [0.29, 0.717) is 5.92 Å². The first-order valence-corrected chi connectivity index (χ1v) is 8.06. The van der Waals surface area contributed by atoms with Gasteiger partial charge < -0.3 is 5.32 Å². The van der Waals surface area contributed by atoms with Gasteiger partial charge in [0.05, 0.1) is 0 Å². The Morgan fingerprint density at radius 3 is 2.30 bits per heavy atom. The highest BCUT2D eigenvalue weighted by molar-refractivity contribution is 9.10. The zero-order valence-electron chi connectivity index (χ0n) is 11.6. The Labute approximate surface area is 134 Å². The molecule has 1 atom stereocenters. The summed E-state index contributed by atoms with van der Waals surface area (Å²) in [6.07, 6.45) is 1.03. The van der Waals surface area contributed by atoms with Crippen molar-refractivity contribution in [1.82, 2.24) is 5.32 Å². The summed E-state index contributed by atoms with van der Waals surface area (Å²) in [4.78, 5) is 0. The van der Waals surface area contributed by atoms with E-state index in [1.54, 1.807) is 0 Å². The normalized spacial score (nSPS) is 12.3. The molecular formula is C17H19BrClN. The lowest BCUT2D eigenvalue weighted by molar-refractivity contribution is 0.595. The van der Waals surface area contributed by atoms with Crippen LogP contribution in [0, 0.1) is 0 Å². The highest BCUT2D eigenvalue weighted by atomic mass is 79.9. The van der Waals surface area contributed by atoms with Crippen LogP contribution in [0.3, 0.4) is 0 Å². The third kappa shape index (κ3) is 4.62. The van der Waals surface area contributed by atoms with Crippen LogP contribution in [-0.2, 0) is 6.42 Å². The molecular weight excluding hydrogens is 334 g/mol. The van der Waals surface area contributed by atoms with Crippen molar-refractivity contribution in [3.05, 3.63) is 69.2 Å². The predicted octanol–water partition coefficient (Wildman–Crippen LogP) is 5.04. The first kappa shape index (κ1) is 15.6. The van der Waals surface area contributed by atoms with Gasteiger partial charge in [0.15, 0.2) is 0 Å². The highest BCUT2D eigenvalue weighted by Crippen LogP contribution is 2.23. The molecule has 0 heterocycles. The van der Waals surface area contributed by atoms with Crippen molar-refractivity contribution in [1.29, 1.82) is 0 Å². The summed E-state index contributed by atoms with van der Waals surface area (Å²) in [6.45, 7) is 4.11. The van der Waals surface area contributed by atoms with E-state index in [0.717, 1.165) is 29.0 Å². The molecule has 0 aromatic heterocycles. The monoisotopic (exact) mass is 351 g/mol. The molecule has 1 unspecified atom stereocenters. The second-order valence-electron chi connectivity index (χ2n) is 4.89. The number of hydrogen-bond donors (Lipinski definition) is 1. The van der Waals surface area contributed by atoms with Crippen LogP contribution in [0.25, 0.3) is 0 Å². The fourth-order valence-electron chi connectivity index (χ4n) is 2.27. The molecule has 0 saturated heterocycles. The van der Waals surface area contributed by atoms with Gasteiger partial charge >= 0.3 is 0 Å². The van der Waals surface area contributed by atoms with Gasteiger partial charge in [0, 0.05) is 22.0 Å². The van der Waals surface area contributed by atoms with Crippen LogP contribution in [-0.4, -0.2) is 13.1 Å². The maximum Gasteiger partial charge on any atom is 0.0406 e. The molecule has 0 saturated carbocycles. The minimum Gasteiger partial charge on any atom is -0.316 e. The number of halogens is 2. The van der Waals surface area contributed by atoms with E-state index >= 15 is 0 Å². The molecule has 2 aromatic carbocycles. The standard InChI is InChI=1S/C17H19BrClN/c1-2-20-12-15(14-5-9-17(19)10-6-14)11-13-3-7-16(18)8-4-13/h3-10,15,20H,2,11-12H2,1H3. The van der Waals surface area contributed by atoms with Gasteiger partial charge in [0.25, 0.3) is 0 Å². The third-order valence-corrected chi connectivity index (χ3v) is 4.16. The summed E-state index contributed by atoms with van der Waals surface area (Å²) in [5, 5.41) is 4.24. The highest BCUT2D eigenvalue weighted by Gasteiger charge is 2.12. The van der Waals surface area contributed by atoms with E-state index in [1.807, 2.05) is 12.1 Å². The molecule has 20 heavy (non-hydrogen) atoms. The first-order valence-electron chi connectivity index (χ1n) is 6.89. The van der Waals surface area contributed by atoms with E-state index in [9.17, 15) is 0 Å². The van der Waals surface area contributed by atoms with Crippen LogP contribution < -0.4 is 5.32 Å². The average molecular weight is 353 g/mol. The molecule has 2 rings (SSSR count). The van der Waals surface area contributed by atoms with Crippen molar-refractivity contribution in [3.8, 4) is 0 Å². The largest absolute Gasteiger partial charge is 0.316 e. The van der Waals surface area contributed by atoms with Gasteiger partial charge in [-0.3, -0.25) is 0 Å². The Hall–Kier alpha value is -0.830. The van der Waals surface area contributed by atoms with Gasteiger partial charge in [0.1, 0.15) is 0 Å². The molecule has 0 fully saturated rings. The van der Waals surface area contributed by atoms with Crippen molar-refractivity contribution in [2.24, 2.45) is 0 Å². The Morgan fingerprint density at radius 2 is 1.70 bits per heavy atom. The summed E-state index contributed by atoms with van der Waals surface area (Å²) >= 11 is 9.46. The molecule has 3 heteroatoms. The van der Waals surface area contributed by atoms with Crippen LogP contribution in [0.2, 0.25) is 5.02 Å². The van der Waals surface area contributed by atoms with Crippen LogP contribution in [0.5, 0.6) is 0 Å². The van der Waals surface area contributed by atoms with Crippen molar-refractivity contribution in [3.63, 3.8) is 0 Å². The molecule has 0 aliphatic carbocycles. The number of rotatable bonds is 6. The van der Waals surface area contributed by atoms with Crippen molar-refractivity contribution < 1.29 is 0 Å². The predicted molar refractivity (Wildman–Crippen MR) is 90.6 cm³/mol. The van der Waals surface area contributed by atoms with Gasteiger partial charge in [-0.05, 0) is 48.4 Å². The summed E-state index contributed by atoms with van der Waals surface area (Å²) < 4.78 is 1.12. The van der Waals surface area contributed by atoms with Crippen LogP contribution in [0.4, 0.5) is 0 Å². The molecule has 0 aliphatic heterocycles. The van der Waals surface area contributed by atoms with Crippen molar-refractivity contribution in [2.75, 3.05) is 13.1 Å². The number of benzene rings is 2. The second kappa shape index (κ2) is 7.82. The van der Waals surface area contributed by atoms with Crippen LogP contribution in [0.15, 0.2) is 53.0 Å². The molecule has 1 N–H and O–H groups in total. The molecule has 0 bridgehead atoms. The Balaban J connectivity index is 2.14. The van der Waals surface area contributed by atoms with Crippen molar-refractivity contribution in [2.45, 2.75) is 19.3 Å². The summed E-state index contributed by atoms with van der Waals surface area (Å²) in [5.74, 6) is 0.466. The van der Waals surface area contributed by atoms with E-state index in [4.69, 9.17) is 11.6 Å². The molecule has 1 nitrogen and oxygen atoms in total. The summed E-state index contributed by atoms with van der Waals surface area (Å²) in [6, 6.07) is 16.8.